The molecule has 0 spiro atoms. The molecule has 1 aliphatic carbocycles. The van der Waals surface area contributed by atoms with Crippen molar-refractivity contribution < 1.29 is 4.43 Å². The third-order valence-corrected chi connectivity index (χ3v) is 22.6. The van der Waals surface area contributed by atoms with Crippen molar-refractivity contribution in [2.45, 2.75) is 134 Å². The molecule has 0 aromatic carbocycles. The molecule has 0 bridgehead atoms. The number of hydrogen-bond acceptors (Lipinski definition) is 1. The van der Waals surface area contributed by atoms with Crippen LogP contribution in [-0.2, 0) is 4.43 Å². The van der Waals surface area contributed by atoms with Crippen LogP contribution in [0.1, 0.15) is 91.4 Å². The van der Waals surface area contributed by atoms with Gasteiger partial charge in [-0.1, -0.05) is 0 Å². The first-order valence-electron chi connectivity index (χ1n) is 12.2. The van der Waals surface area contributed by atoms with Crippen LogP contribution in [0.25, 0.3) is 0 Å². The zero-order chi connectivity index (χ0) is 20.2. The van der Waals surface area contributed by atoms with Gasteiger partial charge in [0.25, 0.3) is 0 Å². The second kappa shape index (κ2) is 13.1. The third-order valence-electron chi connectivity index (χ3n) is 6.36. The Labute approximate surface area is 177 Å². The Bertz CT molecular complexity index is 385. The van der Waals surface area contributed by atoms with E-state index in [1.807, 2.05) is 0 Å². The summed E-state index contributed by atoms with van der Waals surface area (Å²) in [4.78, 5) is 0. The summed E-state index contributed by atoms with van der Waals surface area (Å²) in [6, 6.07) is 0. The van der Waals surface area contributed by atoms with E-state index < -0.39 is 26.7 Å². The Morgan fingerprint density at radius 3 is 1.70 bits per heavy atom. The fraction of sp³-hybridized carbons (Fsp3) is 0.917. The van der Waals surface area contributed by atoms with Gasteiger partial charge in [0.05, 0.1) is 0 Å². The zero-order valence-electron chi connectivity index (χ0n) is 19.7. The van der Waals surface area contributed by atoms with Crippen LogP contribution in [0.15, 0.2) is 12.2 Å². The van der Waals surface area contributed by atoms with E-state index in [-0.39, 0.29) is 5.60 Å². The van der Waals surface area contributed by atoms with Gasteiger partial charge in [0.15, 0.2) is 0 Å². The molecule has 1 nitrogen and oxygen atoms in total. The van der Waals surface area contributed by atoms with E-state index in [9.17, 15) is 0 Å². The van der Waals surface area contributed by atoms with Crippen LogP contribution in [0.5, 0.6) is 0 Å². The van der Waals surface area contributed by atoms with E-state index in [0.717, 1.165) is 0 Å². The molecule has 0 saturated heterocycles. The summed E-state index contributed by atoms with van der Waals surface area (Å²) in [6.07, 6.45) is 20.4. The van der Waals surface area contributed by atoms with Crippen molar-refractivity contribution in [3.8, 4) is 0 Å². The zero-order valence-corrected chi connectivity index (χ0v) is 23.5. The van der Waals surface area contributed by atoms with Crippen molar-refractivity contribution in [2.75, 3.05) is 0 Å². The molecule has 0 atom stereocenters. The predicted octanol–water partition coefficient (Wildman–Crippen LogP) is 8.95. The molecule has 1 aliphatic rings. The molecular weight excluding hydrogens is 451 g/mol. The quantitative estimate of drug-likeness (QED) is 0.171. The molecule has 0 aromatic rings. The molecule has 27 heavy (non-hydrogen) atoms. The molecule has 3 heteroatoms. The van der Waals surface area contributed by atoms with Gasteiger partial charge in [-0.05, 0) is 0 Å². The molecule has 1 fully saturated rings. The van der Waals surface area contributed by atoms with Crippen molar-refractivity contribution in [1.29, 1.82) is 0 Å². The molecule has 160 valence electrons. The van der Waals surface area contributed by atoms with Gasteiger partial charge < -0.3 is 0 Å². The van der Waals surface area contributed by atoms with E-state index >= 15 is 0 Å². The van der Waals surface area contributed by atoms with Crippen LogP contribution in [-0.4, -0.2) is 32.3 Å². The fourth-order valence-electron chi connectivity index (χ4n) is 4.92. The third kappa shape index (κ3) is 10.3. The molecule has 0 amide bonds. The average Bonchev–Trinajstić information content (AvgIpc) is 2.62. The molecule has 0 heterocycles. The maximum atomic E-state index is 6.80. The van der Waals surface area contributed by atoms with Crippen molar-refractivity contribution in [2.24, 2.45) is 0 Å². The van der Waals surface area contributed by atoms with Gasteiger partial charge in [-0.3, -0.25) is 0 Å². The van der Waals surface area contributed by atoms with Gasteiger partial charge in [-0.25, -0.2) is 0 Å². The monoisotopic (exact) mass is 502 g/mol. The number of unbranched alkanes of at least 4 members (excludes halogenated alkanes) is 3. The van der Waals surface area contributed by atoms with Crippen LogP contribution < -0.4 is 0 Å². The van der Waals surface area contributed by atoms with Crippen LogP contribution in [0.3, 0.4) is 0 Å². The summed E-state index contributed by atoms with van der Waals surface area (Å²) in [5.41, 5.74) is 0.0839. The molecule has 0 aliphatic heterocycles. The second-order valence-electron chi connectivity index (χ2n) is 10.3. The summed E-state index contributed by atoms with van der Waals surface area (Å²) >= 11 is -2.04. The average molecular weight is 501 g/mol. The van der Waals surface area contributed by atoms with Crippen molar-refractivity contribution in [1.82, 2.24) is 0 Å². The van der Waals surface area contributed by atoms with Crippen LogP contribution in [0.2, 0.25) is 37.4 Å². The Hall–Kier alpha value is 0.716. The fourth-order valence-corrected chi connectivity index (χ4v) is 21.5. The minimum atomic E-state index is -2.04. The maximum absolute atomic E-state index is 6.80. The van der Waals surface area contributed by atoms with E-state index in [1.54, 1.807) is 13.3 Å². The summed E-state index contributed by atoms with van der Waals surface area (Å²) in [5, 5.41) is 0. The molecule has 0 aromatic heterocycles. The number of rotatable bonds is 14. The van der Waals surface area contributed by atoms with Gasteiger partial charge in [-0.2, -0.15) is 0 Å². The SMILES string of the molecule is CCC[CH2][Sn]([CH2]C=CC1(O[Si](C)(C)C)CCCCC1)([CH2]CCC)[CH2]CCC. The van der Waals surface area contributed by atoms with Crippen molar-refractivity contribution in [3.05, 3.63) is 12.2 Å². The second-order valence-corrected chi connectivity index (χ2v) is 28.7. The molecule has 0 N–H and O–H groups in total. The Morgan fingerprint density at radius 2 is 1.30 bits per heavy atom. The number of hydrogen-bond donors (Lipinski definition) is 0. The van der Waals surface area contributed by atoms with Gasteiger partial charge in [0.1, 0.15) is 0 Å². The van der Waals surface area contributed by atoms with E-state index in [0.29, 0.717) is 0 Å². The topological polar surface area (TPSA) is 9.23 Å². The normalized spacial score (nSPS) is 18.3. The molecular formula is C24H50OSiSn. The van der Waals surface area contributed by atoms with Crippen molar-refractivity contribution >= 4 is 26.7 Å². The minimum absolute atomic E-state index is 0.0839. The Balaban J connectivity index is 2.92. The molecule has 1 rings (SSSR count). The van der Waals surface area contributed by atoms with Crippen molar-refractivity contribution in [3.63, 3.8) is 0 Å². The molecule has 0 unspecified atom stereocenters. The van der Waals surface area contributed by atoms with Crippen LogP contribution in [0.4, 0.5) is 0 Å². The summed E-state index contributed by atoms with van der Waals surface area (Å²) in [7, 11) is -1.51. The Kier molecular flexibility index (Phi) is 12.5. The van der Waals surface area contributed by atoms with Crippen LogP contribution >= 0.6 is 0 Å². The first-order valence-corrected chi connectivity index (χ1v) is 23.7. The molecule has 1 saturated carbocycles. The van der Waals surface area contributed by atoms with E-state index in [4.69, 9.17) is 4.43 Å². The van der Waals surface area contributed by atoms with Gasteiger partial charge in [0, 0.05) is 0 Å². The van der Waals surface area contributed by atoms with Gasteiger partial charge in [0.2, 0.25) is 0 Å². The number of allylic oxidation sites excluding steroid dienone is 1. The first-order chi connectivity index (χ1) is 12.8. The summed E-state index contributed by atoms with van der Waals surface area (Å²) in [5.74, 6) is 0. The van der Waals surface area contributed by atoms with Gasteiger partial charge >= 0.3 is 178 Å². The Morgan fingerprint density at radius 1 is 0.815 bits per heavy atom. The van der Waals surface area contributed by atoms with E-state index in [2.05, 4.69) is 52.6 Å². The van der Waals surface area contributed by atoms with E-state index in [1.165, 1.54) is 75.1 Å². The summed E-state index contributed by atoms with van der Waals surface area (Å²) in [6.45, 7) is 14.2. The standard InChI is InChI=1S/C12H23OSi.3C4H9.Sn/c1-5-9-12(13-14(2,3)4)10-7-6-8-11-12;3*1-3-4-2;/h5,9H,1,6-8,10-11H2,2-4H3;3*1,3-4H2,2H3;. The van der Waals surface area contributed by atoms with Crippen LogP contribution in [0, 0.1) is 0 Å². The molecule has 0 radical (unpaired) electrons. The predicted molar refractivity (Wildman–Crippen MR) is 129 cm³/mol. The first kappa shape index (κ1) is 25.8. The summed E-state index contributed by atoms with van der Waals surface area (Å²) < 4.78 is 13.1. The van der Waals surface area contributed by atoms with Gasteiger partial charge in [-0.15, -0.1) is 0 Å².